The summed E-state index contributed by atoms with van der Waals surface area (Å²) in [5, 5.41) is 2.78. The van der Waals surface area contributed by atoms with Crippen LogP contribution in [0.5, 0.6) is 0 Å². The van der Waals surface area contributed by atoms with Crippen molar-refractivity contribution in [3.63, 3.8) is 0 Å². The number of carbonyl (C=O) groups is 2. The first-order valence-electron chi connectivity index (χ1n) is 6.18. The van der Waals surface area contributed by atoms with Gasteiger partial charge in [0, 0.05) is 10.5 Å². The maximum Gasteiger partial charge on any atom is 0.252 e. The largest absolute Gasteiger partial charge is 0.369 e. The lowest BCUT2D eigenvalue weighted by Crippen LogP contribution is -2.33. The lowest BCUT2D eigenvalue weighted by atomic mass is 10.2. The van der Waals surface area contributed by atoms with Gasteiger partial charge >= 0.3 is 0 Å². The van der Waals surface area contributed by atoms with Gasteiger partial charge in [-0.25, -0.2) is 13.1 Å². The molecule has 2 amide bonds. The standard InChI is InChI=1S/C12H14BrN3O4S/c13-10-4-3-8(21(19,20)15-6-11(14)17)5-9(10)12(18)16-7-1-2-7/h3-5,7,15H,1-2,6H2,(H2,14,17)(H,16,18). The molecule has 1 aromatic rings. The van der Waals surface area contributed by atoms with Crippen LogP contribution in [-0.2, 0) is 14.8 Å². The van der Waals surface area contributed by atoms with E-state index in [1.807, 2.05) is 0 Å². The van der Waals surface area contributed by atoms with Gasteiger partial charge in [0.15, 0.2) is 0 Å². The molecule has 0 aliphatic heterocycles. The van der Waals surface area contributed by atoms with Crippen molar-refractivity contribution in [2.24, 2.45) is 5.73 Å². The summed E-state index contributed by atoms with van der Waals surface area (Å²) in [4.78, 5) is 22.6. The fraction of sp³-hybridized carbons (Fsp3) is 0.333. The molecule has 114 valence electrons. The topological polar surface area (TPSA) is 118 Å². The Hall–Kier alpha value is -1.45. The van der Waals surface area contributed by atoms with Gasteiger partial charge in [-0.05, 0) is 47.0 Å². The molecule has 1 aliphatic rings. The lowest BCUT2D eigenvalue weighted by Gasteiger charge is -2.09. The van der Waals surface area contributed by atoms with Gasteiger partial charge in [0.25, 0.3) is 5.91 Å². The summed E-state index contributed by atoms with van der Waals surface area (Å²) in [5.41, 5.74) is 5.13. The zero-order valence-electron chi connectivity index (χ0n) is 10.9. The van der Waals surface area contributed by atoms with E-state index in [1.165, 1.54) is 18.2 Å². The number of nitrogens with two attached hydrogens (primary N) is 1. The Labute approximate surface area is 130 Å². The van der Waals surface area contributed by atoms with Crippen molar-refractivity contribution in [1.82, 2.24) is 10.0 Å². The Morgan fingerprint density at radius 1 is 1.33 bits per heavy atom. The molecule has 21 heavy (non-hydrogen) atoms. The maximum atomic E-state index is 12.0. The van der Waals surface area contributed by atoms with Crippen LogP contribution in [0.1, 0.15) is 23.2 Å². The summed E-state index contributed by atoms with van der Waals surface area (Å²) >= 11 is 3.22. The number of rotatable bonds is 6. The van der Waals surface area contributed by atoms with Gasteiger partial charge in [-0.2, -0.15) is 0 Å². The van der Waals surface area contributed by atoms with Crippen molar-refractivity contribution in [1.29, 1.82) is 0 Å². The van der Waals surface area contributed by atoms with E-state index in [0.717, 1.165) is 12.8 Å². The predicted octanol–water partition coefficient (Wildman–Crippen LogP) is 0.105. The summed E-state index contributed by atoms with van der Waals surface area (Å²) in [5.74, 6) is -1.13. The molecule has 1 aliphatic carbocycles. The Morgan fingerprint density at radius 3 is 2.57 bits per heavy atom. The summed E-state index contributed by atoms with van der Waals surface area (Å²) in [6, 6.07) is 4.23. The van der Waals surface area contributed by atoms with Crippen molar-refractivity contribution in [2.45, 2.75) is 23.8 Å². The minimum absolute atomic E-state index is 0.104. The molecular formula is C12H14BrN3O4S. The molecule has 0 heterocycles. The molecule has 0 aromatic heterocycles. The molecule has 4 N–H and O–H groups in total. The van der Waals surface area contributed by atoms with Crippen LogP contribution in [0.15, 0.2) is 27.6 Å². The molecule has 1 aromatic carbocycles. The SMILES string of the molecule is NC(=O)CNS(=O)(=O)c1ccc(Br)c(C(=O)NC2CC2)c1. The van der Waals surface area contributed by atoms with Crippen LogP contribution in [0.2, 0.25) is 0 Å². The van der Waals surface area contributed by atoms with Gasteiger partial charge in [-0.1, -0.05) is 0 Å². The Kier molecular flexibility index (Phi) is 4.64. The van der Waals surface area contributed by atoms with E-state index in [4.69, 9.17) is 5.73 Å². The average molecular weight is 376 g/mol. The Balaban J connectivity index is 2.24. The number of primary amides is 1. The smallest absolute Gasteiger partial charge is 0.252 e. The van der Waals surface area contributed by atoms with E-state index < -0.39 is 22.5 Å². The third kappa shape index (κ3) is 4.26. The van der Waals surface area contributed by atoms with Crippen LogP contribution in [0.25, 0.3) is 0 Å². The first-order chi connectivity index (χ1) is 9.79. The van der Waals surface area contributed by atoms with Crippen LogP contribution < -0.4 is 15.8 Å². The monoisotopic (exact) mass is 375 g/mol. The van der Waals surface area contributed by atoms with Crippen LogP contribution in [0, 0.1) is 0 Å². The normalized spacial score (nSPS) is 14.7. The molecule has 0 spiro atoms. The van der Waals surface area contributed by atoms with Gasteiger partial charge in [0.1, 0.15) is 0 Å². The highest BCUT2D eigenvalue weighted by molar-refractivity contribution is 9.10. The van der Waals surface area contributed by atoms with E-state index in [1.54, 1.807) is 0 Å². The summed E-state index contributed by atoms with van der Waals surface area (Å²) in [6.07, 6.45) is 1.86. The molecule has 1 fully saturated rings. The van der Waals surface area contributed by atoms with Crippen molar-refractivity contribution in [3.8, 4) is 0 Å². The highest BCUT2D eigenvalue weighted by atomic mass is 79.9. The number of hydrogen-bond donors (Lipinski definition) is 3. The van der Waals surface area contributed by atoms with Gasteiger partial charge in [0.2, 0.25) is 15.9 Å². The highest BCUT2D eigenvalue weighted by Crippen LogP contribution is 2.24. The van der Waals surface area contributed by atoms with Crippen molar-refractivity contribution < 1.29 is 18.0 Å². The molecule has 0 unspecified atom stereocenters. The third-order valence-electron chi connectivity index (χ3n) is 2.84. The van der Waals surface area contributed by atoms with E-state index in [0.29, 0.717) is 4.47 Å². The fourth-order valence-corrected chi connectivity index (χ4v) is 3.03. The van der Waals surface area contributed by atoms with Crippen molar-refractivity contribution in [2.75, 3.05) is 6.54 Å². The van der Waals surface area contributed by atoms with E-state index in [9.17, 15) is 18.0 Å². The molecule has 2 rings (SSSR count). The second kappa shape index (κ2) is 6.12. The third-order valence-corrected chi connectivity index (χ3v) is 4.93. The number of hydrogen-bond acceptors (Lipinski definition) is 4. The first kappa shape index (κ1) is 15.9. The zero-order valence-corrected chi connectivity index (χ0v) is 13.3. The first-order valence-corrected chi connectivity index (χ1v) is 8.45. The molecule has 9 heteroatoms. The summed E-state index contributed by atoms with van der Waals surface area (Å²) in [7, 11) is -3.89. The molecule has 0 radical (unpaired) electrons. The van der Waals surface area contributed by atoms with Crippen LogP contribution in [0.3, 0.4) is 0 Å². The van der Waals surface area contributed by atoms with Gasteiger partial charge in [0.05, 0.1) is 17.0 Å². The number of carbonyl (C=O) groups excluding carboxylic acids is 2. The maximum absolute atomic E-state index is 12.0. The number of nitrogens with one attached hydrogen (secondary N) is 2. The van der Waals surface area contributed by atoms with Crippen molar-refractivity contribution >= 4 is 37.8 Å². The second-order valence-electron chi connectivity index (χ2n) is 4.68. The molecule has 0 bridgehead atoms. The van der Waals surface area contributed by atoms with Crippen LogP contribution >= 0.6 is 15.9 Å². The van der Waals surface area contributed by atoms with E-state index in [-0.39, 0.29) is 22.4 Å². The predicted molar refractivity (Wildman–Crippen MR) is 79.0 cm³/mol. The Bertz CT molecular complexity index is 686. The number of halogens is 1. The second-order valence-corrected chi connectivity index (χ2v) is 7.30. The van der Waals surface area contributed by atoms with Crippen LogP contribution in [-0.4, -0.2) is 32.8 Å². The number of sulfonamides is 1. The molecule has 7 nitrogen and oxygen atoms in total. The van der Waals surface area contributed by atoms with E-state index >= 15 is 0 Å². The summed E-state index contributed by atoms with van der Waals surface area (Å²) < 4.78 is 26.5. The highest BCUT2D eigenvalue weighted by Gasteiger charge is 2.25. The van der Waals surface area contributed by atoms with Crippen molar-refractivity contribution in [3.05, 3.63) is 28.2 Å². The minimum atomic E-state index is -3.89. The molecular weight excluding hydrogens is 362 g/mol. The lowest BCUT2D eigenvalue weighted by molar-refractivity contribution is -0.116. The Morgan fingerprint density at radius 2 is 2.00 bits per heavy atom. The molecule has 1 saturated carbocycles. The zero-order chi connectivity index (χ0) is 15.6. The minimum Gasteiger partial charge on any atom is -0.369 e. The molecule has 0 atom stereocenters. The number of amides is 2. The van der Waals surface area contributed by atoms with Crippen LogP contribution in [0.4, 0.5) is 0 Å². The summed E-state index contributed by atoms with van der Waals surface area (Å²) in [6.45, 7) is -0.498. The van der Waals surface area contributed by atoms with Gasteiger partial charge < -0.3 is 11.1 Å². The van der Waals surface area contributed by atoms with Gasteiger partial charge in [-0.3, -0.25) is 9.59 Å². The van der Waals surface area contributed by atoms with Gasteiger partial charge in [-0.15, -0.1) is 0 Å². The quantitative estimate of drug-likeness (QED) is 0.653. The average Bonchev–Trinajstić information content (AvgIpc) is 3.20. The molecule has 0 saturated heterocycles. The fourth-order valence-electron chi connectivity index (χ4n) is 1.59. The number of benzene rings is 1. The van der Waals surface area contributed by atoms with E-state index in [2.05, 4.69) is 26.0 Å².